The summed E-state index contributed by atoms with van der Waals surface area (Å²) in [7, 11) is 0. The summed E-state index contributed by atoms with van der Waals surface area (Å²) in [4.78, 5) is 15.5. The van der Waals surface area contributed by atoms with Gasteiger partial charge in [-0.15, -0.1) is 0 Å². The Morgan fingerprint density at radius 2 is 1.95 bits per heavy atom. The minimum Gasteiger partial charge on any atom is -0.343 e. The van der Waals surface area contributed by atoms with Gasteiger partial charge in [0.25, 0.3) is 9.70 Å². The number of nitrogens with one attached hydrogen (secondary N) is 1. The maximum absolute atomic E-state index is 11.4. The Morgan fingerprint density at radius 3 is 2.55 bits per heavy atom. The van der Waals surface area contributed by atoms with E-state index in [9.17, 15) is 4.79 Å². The zero-order chi connectivity index (χ0) is 14.8. The second kappa shape index (κ2) is 5.99. The number of carbonyl (C=O) groups excluding carboxylic acids is 1. The van der Waals surface area contributed by atoms with E-state index < -0.39 is 9.70 Å². The Bertz CT molecular complexity index is 605. The lowest BCUT2D eigenvalue weighted by molar-refractivity contribution is -0.120. The maximum Gasteiger partial charge on any atom is 0.272 e. The van der Waals surface area contributed by atoms with Crippen molar-refractivity contribution in [1.82, 2.24) is 15.5 Å². The first-order valence-corrected chi connectivity index (χ1v) is 6.74. The summed E-state index contributed by atoms with van der Waals surface area (Å²) in [5.41, 5.74) is 1.95. The zero-order valence-corrected chi connectivity index (χ0v) is 12.6. The van der Waals surface area contributed by atoms with Crippen molar-refractivity contribution >= 4 is 40.7 Å². The summed E-state index contributed by atoms with van der Waals surface area (Å²) in [6, 6.07) is 7.64. The minimum absolute atomic E-state index is 0.00833. The second-order valence-corrected chi connectivity index (χ2v) is 6.34. The average molecular weight is 335 g/mol. The fourth-order valence-corrected chi connectivity index (χ4v) is 1.60. The van der Waals surface area contributed by atoms with Crippen LogP contribution in [-0.2, 0) is 11.3 Å². The van der Waals surface area contributed by atoms with E-state index in [1.54, 1.807) is 0 Å². The van der Waals surface area contributed by atoms with E-state index in [0.717, 1.165) is 11.1 Å². The van der Waals surface area contributed by atoms with E-state index in [0.29, 0.717) is 5.82 Å². The number of rotatable bonds is 3. The van der Waals surface area contributed by atoms with Crippen molar-refractivity contribution in [3.05, 3.63) is 35.7 Å². The normalized spacial score (nSPS) is 11.4. The van der Waals surface area contributed by atoms with E-state index in [2.05, 4.69) is 15.5 Å². The predicted octanol–water partition coefficient (Wildman–Crippen LogP) is 3.03. The van der Waals surface area contributed by atoms with Crippen LogP contribution in [0.4, 0.5) is 0 Å². The number of hydrogen-bond acceptors (Lipinski definition) is 4. The molecule has 0 bridgehead atoms. The fraction of sp³-hybridized carbons (Fsp3) is 0.250. The first-order valence-electron chi connectivity index (χ1n) is 5.61. The van der Waals surface area contributed by atoms with Gasteiger partial charge in [0.05, 0.1) is 6.54 Å². The molecule has 0 spiro atoms. The van der Waals surface area contributed by atoms with Crippen molar-refractivity contribution in [3.8, 4) is 11.4 Å². The van der Waals surface area contributed by atoms with Crippen LogP contribution < -0.4 is 5.32 Å². The summed E-state index contributed by atoms with van der Waals surface area (Å²) in [6.07, 6.45) is 0. The van der Waals surface area contributed by atoms with Gasteiger partial charge in [0.1, 0.15) is 0 Å². The highest BCUT2D eigenvalue weighted by atomic mass is 35.6. The Balaban J connectivity index is 2.03. The molecule has 1 aromatic carbocycles. The molecule has 0 saturated heterocycles. The minimum atomic E-state index is -2.01. The molecule has 1 heterocycles. The Kier molecular flexibility index (Phi) is 4.52. The molecule has 0 fully saturated rings. The van der Waals surface area contributed by atoms with Crippen molar-refractivity contribution in [2.45, 2.75) is 17.3 Å². The van der Waals surface area contributed by atoms with Gasteiger partial charge in [-0.25, -0.2) is 0 Å². The lowest BCUT2D eigenvalue weighted by atomic mass is 10.1. The molecule has 2 rings (SSSR count). The zero-order valence-electron chi connectivity index (χ0n) is 10.4. The molecule has 0 aliphatic heterocycles. The van der Waals surface area contributed by atoms with Crippen molar-refractivity contribution in [2.75, 3.05) is 0 Å². The summed E-state index contributed by atoms with van der Waals surface area (Å²) < 4.78 is 2.99. The summed E-state index contributed by atoms with van der Waals surface area (Å²) in [6.45, 7) is 1.98. The highest BCUT2D eigenvalue weighted by Crippen LogP contribution is 2.26. The third-order valence-corrected chi connectivity index (χ3v) is 2.95. The topological polar surface area (TPSA) is 68.0 Å². The van der Waals surface area contributed by atoms with Gasteiger partial charge in [-0.05, 0) is 6.92 Å². The van der Waals surface area contributed by atoms with Gasteiger partial charge in [-0.2, -0.15) is 4.98 Å². The van der Waals surface area contributed by atoms with Crippen LogP contribution in [0.15, 0.2) is 28.8 Å². The van der Waals surface area contributed by atoms with Gasteiger partial charge < -0.3 is 9.84 Å². The van der Waals surface area contributed by atoms with Gasteiger partial charge in [0.2, 0.25) is 11.7 Å². The van der Waals surface area contributed by atoms with E-state index in [1.807, 2.05) is 31.2 Å². The third kappa shape index (κ3) is 3.85. The molecule has 2 aromatic rings. The SMILES string of the molecule is Cc1ccc(-c2noc(CNC(=O)C(Cl)(Cl)Cl)n2)cc1. The molecule has 1 aromatic heterocycles. The van der Waals surface area contributed by atoms with Gasteiger partial charge in [-0.3, -0.25) is 4.79 Å². The van der Waals surface area contributed by atoms with Crippen LogP contribution in [0.3, 0.4) is 0 Å². The van der Waals surface area contributed by atoms with Gasteiger partial charge >= 0.3 is 0 Å². The largest absolute Gasteiger partial charge is 0.343 e. The van der Waals surface area contributed by atoms with Crippen LogP contribution in [0.25, 0.3) is 11.4 Å². The predicted molar refractivity (Wildman–Crippen MR) is 76.6 cm³/mol. The number of halogens is 3. The van der Waals surface area contributed by atoms with E-state index in [-0.39, 0.29) is 12.4 Å². The highest BCUT2D eigenvalue weighted by molar-refractivity contribution is 6.76. The van der Waals surface area contributed by atoms with Crippen LogP contribution in [-0.4, -0.2) is 19.8 Å². The van der Waals surface area contributed by atoms with E-state index >= 15 is 0 Å². The molecule has 106 valence electrons. The molecule has 5 nitrogen and oxygen atoms in total. The molecule has 0 atom stereocenters. The molecule has 0 saturated carbocycles. The average Bonchev–Trinajstić information content (AvgIpc) is 2.84. The molecule has 0 radical (unpaired) electrons. The molecule has 0 aliphatic carbocycles. The van der Waals surface area contributed by atoms with Crippen LogP contribution in [0.5, 0.6) is 0 Å². The van der Waals surface area contributed by atoms with Crippen LogP contribution in [0, 0.1) is 6.92 Å². The summed E-state index contributed by atoms with van der Waals surface area (Å²) >= 11 is 16.3. The molecular formula is C12H10Cl3N3O2. The first-order chi connectivity index (χ1) is 9.36. The van der Waals surface area contributed by atoms with Gasteiger partial charge in [-0.1, -0.05) is 69.8 Å². The maximum atomic E-state index is 11.4. The smallest absolute Gasteiger partial charge is 0.272 e. The fourth-order valence-electron chi connectivity index (χ4n) is 1.40. The quantitative estimate of drug-likeness (QED) is 0.876. The molecule has 1 amide bonds. The molecule has 0 unspecified atom stereocenters. The summed E-state index contributed by atoms with van der Waals surface area (Å²) in [5.74, 6) is -0.0936. The highest BCUT2D eigenvalue weighted by Gasteiger charge is 2.30. The number of hydrogen-bond donors (Lipinski definition) is 1. The molecule has 1 N–H and O–H groups in total. The van der Waals surface area contributed by atoms with Crippen LogP contribution in [0.2, 0.25) is 0 Å². The van der Waals surface area contributed by atoms with E-state index in [1.165, 1.54) is 0 Å². The van der Waals surface area contributed by atoms with Crippen molar-refractivity contribution in [3.63, 3.8) is 0 Å². The molecular weight excluding hydrogens is 325 g/mol. The van der Waals surface area contributed by atoms with Crippen LogP contribution in [0.1, 0.15) is 11.5 Å². The summed E-state index contributed by atoms with van der Waals surface area (Å²) in [5, 5.41) is 6.20. The number of aromatic nitrogens is 2. The lowest BCUT2D eigenvalue weighted by Crippen LogP contribution is -2.34. The Morgan fingerprint density at radius 1 is 1.30 bits per heavy atom. The number of benzene rings is 1. The molecule has 20 heavy (non-hydrogen) atoms. The number of amides is 1. The lowest BCUT2D eigenvalue weighted by Gasteiger charge is -2.09. The van der Waals surface area contributed by atoms with Crippen LogP contribution >= 0.6 is 34.8 Å². The number of aryl methyl sites for hydroxylation is 1. The number of alkyl halides is 3. The Hall–Kier alpha value is -1.30. The number of carbonyl (C=O) groups is 1. The first kappa shape index (κ1) is 15.1. The Labute approximate surface area is 130 Å². The number of nitrogens with zero attached hydrogens (tertiary/aromatic N) is 2. The van der Waals surface area contributed by atoms with Gasteiger partial charge in [0, 0.05) is 5.56 Å². The van der Waals surface area contributed by atoms with Crippen molar-refractivity contribution in [2.24, 2.45) is 0 Å². The van der Waals surface area contributed by atoms with Crippen molar-refractivity contribution < 1.29 is 9.32 Å². The van der Waals surface area contributed by atoms with Gasteiger partial charge in [0.15, 0.2) is 0 Å². The standard InChI is InChI=1S/C12H10Cl3N3O2/c1-7-2-4-8(5-3-7)10-17-9(20-18-10)6-16-11(19)12(13,14)15/h2-5H,6H2,1H3,(H,16,19). The monoisotopic (exact) mass is 333 g/mol. The third-order valence-electron chi connectivity index (χ3n) is 2.44. The van der Waals surface area contributed by atoms with Crippen molar-refractivity contribution in [1.29, 1.82) is 0 Å². The molecule has 0 aliphatic rings. The second-order valence-electron chi connectivity index (χ2n) is 4.06. The molecule has 8 heteroatoms. The van der Waals surface area contributed by atoms with E-state index in [4.69, 9.17) is 39.3 Å².